The highest BCUT2D eigenvalue weighted by atomic mass is 19.1. The normalized spacial score (nSPS) is 19.0. The lowest BCUT2D eigenvalue weighted by Gasteiger charge is -2.42. The molecule has 0 spiro atoms. The Hall–Kier alpha value is -2.73. The van der Waals surface area contributed by atoms with Gasteiger partial charge >= 0.3 is 0 Å². The van der Waals surface area contributed by atoms with E-state index in [0.717, 1.165) is 18.7 Å². The van der Waals surface area contributed by atoms with Crippen molar-refractivity contribution in [3.05, 3.63) is 101 Å². The Morgan fingerprint density at radius 3 is 2.61 bits per heavy atom. The standard InChI is InChI=1S/C26H28FNO3/c1-30-24-13-6-5-10-21(24)17-26(29,22-11-7-12-23(27)16-22)25-19-28(14-15-31-25)18-20-8-3-2-4-9-20/h2-13,16,25,29H,14-15,17-19H2,1H3/t25-,26-/m1/s1. The Morgan fingerprint density at radius 1 is 1.06 bits per heavy atom. The first-order chi connectivity index (χ1) is 15.1. The Balaban J connectivity index is 1.65. The van der Waals surface area contributed by atoms with Gasteiger partial charge in [0.25, 0.3) is 0 Å². The van der Waals surface area contributed by atoms with Crippen LogP contribution >= 0.6 is 0 Å². The van der Waals surface area contributed by atoms with Crippen LogP contribution in [0.4, 0.5) is 4.39 Å². The summed E-state index contributed by atoms with van der Waals surface area (Å²) in [6.07, 6.45) is -0.263. The fourth-order valence-corrected chi connectivity index (χ4v) is 4.28. The molecular weight excluding hydrogens is 393 g/mol. The largest absolute Gasteiger partial charge is 0.496 e. The summed E-state index contributed by atoms with van der Waals surface area (Å²) in [6.45, 7) is 2.59. The maximum absolute atomic E-state index is 14.1. The number of morpholine rings is 1. The van der Waals surface area contributed by atoms with Crippen LogP contribution in [0.25, 0.3) is 0 Å². The molecule has 3 aromatic rings. The Kier molecular flexibility index (Phi) is 6.66. The second kappa shape index (κ2) is 9.60. The van der Waals surface area contributed by atoms with Crippen molar-refractivity contribution >= 4 is 0 Å². The monoisotopic (exact) mass is 421 g/mol. The number of methoxy groups -OCH3 is 1. The van der Waals surface area contributed by atoms with Crippen molar-refractivity contribution in [3.8, 4) is 5.75 Å². The molecule has 1 N–H and O–H groups in total. The van der Waals surface area contributed by atoms with E-state index in [2.05, 4.69) is 17.0 Å². The molecule has 5 heteroatoms. The van der Waals surface area contributed by atoms with Gasteiger partial charge in [-0.15, -0.1) is 0 Å². The summed E-state index contributed by atoms with van der Waals surface area (Å²) in [6, 6.07) is 24.0. The molecular formula is C26H28FNO3. The number of aliphatic hydroxyl groups is 1. The van der Waals surface area contributed by atoms with E-state index < -0.39 is 11.7 Å². The zero-order valence-electron chi connectivity index (χ0n) is 17.7. The molecule has 3 aromatic carbocycles. The first-order valence-electron chi connectivity index (χ1n) is 10.6. The molecule has 0 aliphatic carbocycles. The third-order valence-electron chi connectivity index (χ3n) is 5.91. The molecule has 4 nitrogen and oxygen atoms in total. The summed E-state index contributed by atoms with van der Waals surface area (Å²) in [7, 11) is 1.61. The first kappa shape index (κ1) is 21.5. The summed E-state index contributed by atoms with van der Waals surface area (Å²) in [5.74, 6) is 0.308. The minimum atomic E-state index is -1.41. The van der Waals surface area contributed by atoms with Gasteiger partial charge in [-0.05, 0) is 34.9 Å². The van der Waals surface area contributed by atoms with Crippen LogP contribution in [-0.4, -0.2) is 42.9 Å². The van der Waals surface area contributed by atoms with Crippen LogP contribution in [0, 0.1) is 5.82 Å². The molecule has 4 rings (SSSR count). The number of benzene rings is 3. The second-order valence-corrected chi connectivity index (χ2v) is 8.00. The van der Waals surface area contributed by atoms with E-state index in [1.807, 2.05) is 42.5 Å². The maximum atomic E-state index is 14.1. The molecule has 2 atom stereocenters. The quantitative estimate of drug-likeness (QED) is 0.622. The van der Waals surface area contributed by atoms with Crippen molar-refractivity contribution < 1.29 is 19.0 Å². The van der Waals surface area contributed by atoms with E-state index in [1.54, 1.807) is 19.2 Å². The van der Waals surface area contributed by atoms with E-state index in [4.69, 9.17) is 9.47 Å². The van der Waals surface area contributed by atoms with Crippen molar-refractivity contribution in [1.82, 2.24) is 4.90 Å². The Morgan fingerprint density at radius 2 is 1.84 bits per heavy atom. The number of hydrogen-bond acceptors (Lipinski definition) is 4. The van der Waals surface area contributed by atoms with Gasteiger partial charge in [-0.25, -0.2) is 4.39 Å². The summed E-state index contributed by atoms with van der Waals surface area (Å²) in [5.41, 5.74) is 1.15. The number of nitrogens with zero attached hydrogens (tertiary/aromatic N) is 1. The smallest absolute Gasteiger partial charge is 0.123 e. The van der Waals surface area contributed by atoms with Crippen LogP contribution in [0.3, 0.4) is 0 Å². The van der Waals surface area contributed by atoms with Gasteiger partial charge in [0, 0.05) is 26.1 Å². The zero-order chi connectivity index (χ0) is 21.7. The minimum Gasteiger partial charge on any atom is -0.496 e. The number of ether oxygens (including phenoxy) is 2. The van der Waals surface area contributed by atoms with Gasteiger partial charge in [-0.1, -0.05) is 60.7 Å². The van der Waals surface area contributed by atoms with Gasteiger partial charge in [0.2, 0.25) is 0 Å². The van der Waals surface area contributed by atoms with E-state index in [1.165, 1.54) is 17.7 Å². The molecule has 0 radical (unpaired) electrons. The molecule has 1 heterocycles. The third kappa shape index (κ3) is 4.96. The predicted octanol–water partition coefficient (Wildman–Crippen LogP) is 4.17. The van der Waals surface area contributed by atoms with Gasteiger partial charge in [0.15, 0.2) is 0 Å². The highest BCUT2D eigenvalue weighted by Crippen LogP contribution is 2.36. The molecule has 0 bridgehead atoms. The van der Waals surface area contributed by atoms with Crippen LogP contribution in [0.5, 0.6) is 5.75 Å². The molecule has 0 amide bonds. The molecule has 31 heavy (non-hydrogen) atoms. The molecule has 1 aliphatic rings. The Bertz CT molecular complexity index is 997. The highest BCUT2D eigenvalue weighted by Gasteiger charge is 2.42. The highest BCUT2D eigenvalue weighted by molar-refractivity contribution is 5.37. The second-order valence-electron chi connectivity index (χ2n) is 8.00. The van der Waals surface area contributed by atoms with Crippen molar-refractivity contribution in [1.29, 1.82) is 0 Å². The Labute approximate surface area is 182 Å². The predicted molar refractivity (Wildman–Crippen MR) is 118 cm³/mol. The van der Waals surface area contributed by atoms with Crippen molar-refractivity contribution in [3.63, 3.8) is 0 Å². The summed E-state index contributed by atoms with van der Waals surface area (Å²) >= 11 is 0. The minimum absolute atomic E-state index is 0.254. The molecule has 0 saturated carbocycles. The number of hydrogen-bond donors (Lipinski definition) is 1. The average Bonchev–Trinajstić information content (AvgIpc) is 2.80. The van der Waals surface area contributed by atoms with Gasteiger partial charge in [0.1, 0.15) is 23.3 Å². The van der Waals surface area contributed by atoms with Gasteiger partial charge in [-0.2, -0.15) is 0 Å². The summed E-state index contributed by atoms with van der Waals surface area (Å²) in [5, 5.41) is 12.0. The third-order valence-corrected chi connectivity index (χ3v) is 5.91. The molecule has 0 unspecified atom stereocenters. The number of rotatable bonds is 7. The topological polar surface area (TPSA) is 41.9 Å². The summed E-state index contributed by atoms with van der Waals surface area (Å²) in [4.78, 5) is 2.27. The van der Waals surface area contributed by atoms with E-state index in [0.29, 0.717) is 24.5 Å². The summed E-state index contributed by atoms with van der Waals surface area (Å²) < 4.78 is 25.7. The van der Waals surface area contributed by atoms with Crippen molar-refractivity contribution in [2.45, 2.75) is 24.7 Å². The van der Waals surface area contributed by atoms with Gasteiger partial charge in [-0.3, -0.25) is 4.90 Å². The van der Waals surface area contributed by atoms with Gasteiger partial charge < -0.3 is 14.6 Å². The van der Waals surface area contributed by atoms with Crippen LogP contribution in [0.1, 0.15) is 16.7 Å². The zero-order valence-corrected chi connectivity index (χ0v) is 17.7. The SMILES string of the molecule is COc1ccccc1C[C@@](O)(c1cccc(F)c1)[C@H]1CN(Cc2ccccc2)CCO1. The van der Waals surface area contributed by atoms with Crippen LogP contribution < -0.4 is 4.74 Å². The van der Waals surface area contributed by atoms with Crippen molar-refractivity contribution in [2.75, 3.05) is 26.8 Å². The van der Waals surface area contributed by atoms with Crippen LogP contribution in [0.2, 0.25) is 0 Å². The maximum Gasteiger partial charge on any atom is 0.123 e. The fourth-order valence-electron chi connectivity index (χ4n) is 4.28. The van der Waals surface area contributed by atoms with E-state index in [-0.39, 0.29) is 12.2 Å². The van der Waals surface area contributed by atoms with Crippen molar-refractivity contribution in [2.24, 2.45) is 0 Å². The van der Waals surface area contributed by atoms with Crippen LogP contribution in [-0.2, 0) is 23.3 Å². The van der Waals surface area contributed by atoms with E-state index >= 15 is 0 Å². The average molecular weight is 422 g/mol. The number of para-hydroxylation sites is 1. The molecule has 1 saturated heterocycles. The number of halogens is 1. The first-order valence-corrected chi connectivity index (χ1v) is 10.6. The van der Waals surface area contributed by atoms with E-state index in [9.17, 15) is 9.50 Å². The lowest BCUT2D eigenvalue weighted by Crippen LogP contribution is -2.53. The lowest BCUT2D eigenvalue weighted by atomic mass is 9.81. The molecule has 0 aromatic heterocycles. The lowest BCUT2D eigenvalue weighted by molar-refractivity contribution is -0.150. The molecule has 1 aliphatic heterocycles. The van der Waals surface area contributed by atoms with Gasteiger partial charge in [0.05, 0.1) is 13.7 Å². The molecule has 162 valence electrons. The fraction of sp³-hybridized carbons (Fsp3) is 0.308. The molecule has 1 fully saturated rings. The van der Waals surface area contributed by atoms with Crippen LogP contribution in [0.15, 0.2) is 78.9 Å².